The van der Waals surface area contributed by atoms with Crippen molar-refractivity contribution >= 4 is 10.2 Å². The smallest absolute Gasteiger partial charge is 0.277 e. The van der Waals surface area contributed by atoms with Gasteiger partial charge in [0, 0.05) is 12.0 Å². The van der Waals surface area contributed by atoms with Crippen LogP contribution in [0, 0.1) is 5.92 Å². The molecule has 5 nitrogen and oxygen atoms in total. The zero-order valence-electron chi connectivity index (χ0n) is 10.4. The minimum atomic E-state index is -3.63. The van der Waals surface area contributed by atoms with Crippen molar-refractivity contribution in [2.24, 2.45) is 11.1 Å². The molecule has 2 N–H and O–H groups in total. The first kappa shape index (κ1) is 12.2. The summed E-state index contributed by atoms with van der Waals surface area (Å²) in [6.07, 6.45) is 2.95. The Morgan fingerprint density at radius 1 is 1.44 bits per heavy atom. The molecule has 3 rings (SSSR count). The topological polar surface area (TPSA) is 76.5 Å². The van der Waals surface area contributed by atoms with Crippen LogP contribution in [0.25, 0.3) is 0 Å². The molecule has 2 aliphatic rings. The van der Waals surface area contributed by atoms with Crippen LogP contribution in [0.3, 0.4) is 0 Å². The summed E-state index contributed by atoms with van der Waals surface area (Å²) < 4.78 is 30.0. The van der Waals surface area contributed by atoms with Crippen LogP contribution >= 0.6 is 0 Å². The predicted molar refractivity (Wildman–Crippen MR) is 66.9 cm³/mol. The molecule has 0 bridgehead atoms. The van der Waals surface area contributed by atoms with Crippen molar-refractivity contribution in [3.63, 3.8) is 0 Å². The van der Waals surface area contributed by atoms with Gasteiger partial charge in [-0.3, -0.25) is 0 Å². The second-order valence-electron chi connectivity index (χ2n) is 5.44. The Kier molecular flexibility index (Phi) is 2.76. The van der Waals surface area contributed by atoms with E-state index in [-0.39, 0.29) is 12.6 Å². The van der Waals surface area contributed by atoms with Crippen molar-refractivity contribution in [3.05, 3.63) is 23.7 Å². The summed E-state index contributed by atoms with van der Waals surface area (Å²) in [7, 11) is -3.63. The highest BCUT2D eigenvalue weighted by Crippen LogP contribution is 2.47. The van der Waals surface area contributed by atoms with Gasteiger partial charge in [0.15, 0.2) is 0 Å². The molecule has 0 aliphatic heterocycles. The molecule has 0 saturated heterocycles. The average Bonchev–Trinajstić information content (AvgIpc) is 3.17. The van der Waals surface area contributed by atoms with Gasteiger partial charge in [0.1, 0.15) is 11.5 Å². The molecule has 2 atom stereocenters. The first-order chi connectivity index (χ1) is 8.45. The van der Waals surface area contributed by atoms with Gasteiger partial charge in [-0.05, 0) is 37.3 Å². The second-order valence-corrected chi connectivity index (χ2v) is 6.94. The Labute approximate surface area is 107 Å². The van der Waals surface area contributed by atoms with E-state index in [1.54, 1.807) is 0 Å². The second kappa shape index (κ2) is 4.08. The molecule has 0 aromatic carbocycles. The third kappa shape index (κ3) is 2.46. The van der Waals surface area contributed by atoms with Gasteiger partial charge in [0.2, 0.25) is 0 Å². The van der Waals surface area contributed by atoms with Crippen molar-refractivity contribution < 1.29 is 12.8 Å². The molecule has 1 aromatic heterocycles. The highest BCUT2D eigenvalue weighted by Gasteiger charge is 2.38. The van der Waals surface area contributed by atoms with Gasteiger partial charge in [0.25, 0.3) is 10.2 Å². The molecular formula is C12H18N2O3S. The lowest BCUT2D eigenvalue weighted by atomic mass is 10.3. The first-order valence-corrected chi connectivity index (χ1v) is 7.83. The van der Waals surface area contributed by atoms with Gasteiger partial charge in [-0.1, -0.05) is 6.92 Å². The van der Waals surface area contributed by atoms with Crippen LogP contribution in [0.4, 0.5) is 0 Å². The molecule has 100 valence electrons. The summed E-state index contributed by atoms with van der Waals surface area (Å²) in [6.45, 7) is 2.44. The van der Waals surface area contributed by atoms with Crippen LogP contribution in [0.1, 0.15) is 43.6 Å². The number of hydrogen-bond acceptors (Lipinski definition) is 3. The van der Waals surface area contributed by atoms with Crippen molar-refractivity contribution in [3.8, 4) is 0 Å². The van der Waals surface area contributed by atoms with Crippen molar-refractivity contribution in [2.45, 2.75) is 44.7 Å². The van der Waals surface area contributed by atoms with E-state index in [1.165, 1.54) is 4.31 Å². The molecule has 0 radical (unpaired) electrons. The molecule has 1 heterocycles. The Hall–Kier alpha value is -0.850. The number of furan rings is 1. The quantitative estimate of drug-likeness (QED) is 0.882. The molecular weight excluding hydrogens is 252 g/mol. The van der Waals surface area contributed by atoms with E-state index in [1.807, 2.05) is 12.1 Å². The molecule has 1 aromatic rings. The molecule has 2 saturated carbocycles. The summed E-state index contributed by atoms with van der Waals surface area (Å²) in [5.41, 5.74) is 0. The minimum Gasteiger partial charge on any atom is -0.464 e. The van der Waals surface area contributed by atoms with E-state index in [0.717, 1.165) is 25.0 Å². The lowest BCUT2D eigenvalue weighted by Gasteiger charge is -2.17. The third-order valence-corrected chi connectivity index (χ3v) is 4.83. The SMILES string of the molecule is C[C@H]1C[C@@H]1c1ccc(CN(C2CC2)S(N)(=O)=O)o1. The van der Waals surface area contributed by atoms with Crippen LogP contribution < -0.4 is 5.14 Å². The third-order valence-electron chi connectivity index (χ3n) is 3.75. The molecule has 18 heavy (non-hydrogen) atoms. The number of rotatable bonds is 5. The van der Waals surface area contributed by atoms with Gasteiger partial charge >= 0.3 is 0 Å². The van der Waals surface area contributed by atoms with Crippen molar-refractivity contribution in [1.82, 2.24) is 4.31 Å². The maximum atomic E-state index is 11.5. The standard InChI is InChI=1S/C12H18N2O3S/c1-8-6-11(8)12-5-4-10(17-12)7-14(9-2-3-9)18(13,15)16/h4-5,8-9,11H,2-3,6-7H2,1H3,(H2,13,15,16)/t8-,11-/m0/s1. The van der Waals surface area contributed by atoms with E-state index in [4.69, 9.17) is 9.56 Å². The zero-order chi connectivity index (χ0) is 12.9. The lowest BCUT2D eigenvalue weighted by Crippen LogP contribution is -2.37. The van der Waals surface area contributed by atoms with Crippen molar-refractivity contribution in [2.75, 3.05) is 0 Å². The zero-order valence-corrected chi connectivity index (χ0v) is 11.2. The van der Waals surface area contributed by atoms with Crippen LogP contribution in [-0.4, -0.2) is 18.8 Å². The summed E-state index contributed by atoms with van der Waals surface area (Å²) >= 11 is 0. The summed E-state index contributed by atoms with van der Waals surface area (Å²) in [4.78, 5) is 0. The Balaban J connectivity index is 1.73. The fourth-order valence-corrected chi connectivity index (χ4v) is 3.27. The Bertz CT molecular complexity index is 547. The van der Waals surface area contributed by atoms with Gasteiger partial charge < -0.3 is 4.42 Å². The number of nitrogens with two attached hydrogens (primary N) is 1. The monoisotopic (exact) mass is 270 g/mol. The van der Waals surface area contributed by atoms with E-state index in [2.05, 4.69) is 6.92 Å². The van der Waals surface area contributed by atoms with Crippen LogP contribution in [0.15, 0.2) is 16.5 Å². The van der Waals surface area contributed by atoms with Crippen LogP contribution in [0.2, 0.25) is 0 Å². The van der Waals surface area contributed by atoms with E-state index in [9.17, 15) is 8.42 Å². The van der Waals surface area contributed by atoms with Crippen LogP contribution in [0.5, 0.6) is 0 Å². The van der Waals surface area contributed by atoms with E-state index < -0.39 is 10.2 Å². The fourth-order valence-electron chi connectivity index (χ4n) is 2.34. The van der Waals surface area contributed by atoms with Crippen LogP contribution in [-0.2, 0) is 16.8 Å². The molecule has 0 amide bonds. The largest absolute Gasteiger partial charge is 0.464 e. The van der Waals surface area contributed by atoms with E-state index in [0.29, 0.717) is 17.6 Å². The highest BCUT2D eigenvalue weighted by atomic mass is 32.2. The fraction of sp³-hybridized carbons (Fsp3) is 0.667. The number of nitrogens with zero attached hydrogens (tertiary/aromatic N) is 1. The lowest BCUT2D eigenvalue weighted by molar-refractivity contribution is 0.348. The predicted octanol–water partition coefficient (Wildman–Crippen LogP) is 1.57. The van der Waals surface area contributed by atoms with Crippen molar-refractivity contribution in [1.29, 1.82) is 0 Å². The summed E-state index contributed by atoms with van der Waals surface area (Å²) in [5, 5.41) is 5.23. The Morgan fingerprint density at radius 3 is 2.61 bits per heavy atom. The Morgan fingerprint density at radius 2 is 2.11 bits per heavy atom. The minimum absolute atomic E-state index is 0.0633. The number of hydrogen-bond donors (Lipinski definition) is 1. The first-order valence-electron chi connectivity index (χ1n) is 6.33. The maximum Gasteiger partial charge on any atom is 0.277 e. The highest BCUT2D eigenvalue weighted by molar-refractivity contribution is 7.86. The van der Waals surface area contributed by atoms with Gasteiger partial charge in [0.05, 0.1) is 6.54 Å². The van der Waals surface area contributed by atoms with Gasteiger partial charge in [-0.15, -0.1) is 0 Å². The molecule has 2 fully saturated rings. The summed E-state index contributed by atoms with van der Waals surface area (Å²) in [6, 6.07) is 3.88. The van der Waals surface area contributed by atoms with E-state index >= 15 is 0 Å². The molecule has 0 unspecified atom stereocenters. The van der Waals surface area contributed by atoms with Gasteiger partial charge in [-0.2, -0.15) is 12.7 Å². The average molecular weight is 270 g/mol. The molecule has 0 spiro atoms. The van der Waals surface area contributed by atoms with Gasteiger partial charge in [-0.25, -0.2) is 5.14 Å². The molecule has 6 heteroatoms. The molecule has 2 aliphatic carbocycles. The summed E-state index contributed by atoms with van der Waals surface area (Å²) in [5.74, 6) is 2.86. The maximum absolute atomic E-state index is 11.5. The normalized spacial score (nSPS) is 27.7.